The van der Waals surface area contributed by atoms with E-state index in [9.17, 15) is 4.79 Å². The number of nitrogens with zero attached hydrogens (tertiary/aromatic N) is 1. The predicted molar refractivity (Wildman–Crippen MR) is 80.1 cm³/mol. The maximum Gasteiger partial charge on any atom is 0.234 e. The van der Waals surface area contributed by atoms with Crippen LogP contribution in [-0.4, -0.2) is 50.1 Å². The molecular formula is C15H31N3O. The second-order valence-corrected chi connectivity index (χ2v) is 6.34. The summed E-state index contributed by atoms with van der Waals surface area (Å²) >= 11 is 0. The van der Waals surface area contributed by atoms with E-state index in [4.69, 9.17) is 0 Å². The van der Waals surface area contributed by atoms with Gasteiger partial charge in [-0.05, 0) is 37.3 Å². The van der Waals surface area contributed by atoms with Gasteiger partial charge < -0.3 is 10.6 Å². The van der Waals surface area contributed by atoms with Crippen LogP contribution in [-0.2, 0) is 4.79 Å². The zero-order chi connectivity index (χ0) is 14.3. The van der Waals surface area contributed by atoms with Crippen LogP contribution in [0.1, 0.15) is 34.1 Å². The molecule has 2 N–H and O–H groups in total. The maximum atomic E-state index is 12.0. The van der Waals surface area contributed by atoms with Crippen LogP contribution in [0.3, 0.4) is 0 Å². The zero-order valence-corrected chi connectivity index (χ0v) is 13.0. The van der Waals surface area contributed by atoms with Crippen molar-refractivity contribution in [3.63, 3.8) is 0 Å². The normalized spacial score (nSPS) is 18.1. The van der Waals surface area contributed by atoms with Gasteiger partial charge in [0.1, 0.15) is 0 Å². The summed E-state index contributed by atoms with van der Waals surface area (Å²) in [7, 11) is 0. The van der Waals surface area contributed by atoms with Gasteiger partial charge in [0.15, 0.2) is 0 Å². The summed E-state index contributed by atoms with van der Waals surface area (Å²) in [6.45, 7) is 14.4. The Bertz CT molecular complexity index is 250. The molecule has 0 atom stereocenters. The average molecular weight is 269 g/mol. The molecule has 0 aromatic rings. The monoisotopic (exact) mass is 269 g/mol. The fraction of sp³-hybridized carbons (Fsp3) is 0.933. The zero-order valence-electron chi connectivity index (χ0n) is 13.0. The average Bonchev–Trinajstić information content (AvgIpc) is 2.56. The fourth-order valence-corrected chi connectivity index (χ4v) is 2.79. The minimum Gasteiger partial charge on any atom is -0.355 e. The third kappa shape index (κ3) is 6.39. The van der Waals surface area contributed by atoms with E-state index < -0.39 is 0 Å². The number of rotatable bonds is 6. The Balaban J connectivity index is 2.29. The minimum atomic E-state index is 0.174. The van der Waals surface area contributed by atoms with E-state index in [1.54, 1.807) is 0 Å². The SMILES string of the molecule is CC(C)C(CNC(=O)CN1CCCNCC1)C(C)C. The summed E-state index contributed by atoms with van der Waals surface area (Å²) in [6, 6.07) is 0. The van der Waals surface area contributed by atoms with Crippen molar-refractivity contribution in [2.24, 2.45) is 17.8 Å². The van der Waals surface area contributed by atoms with Gasteiger partial charge in [0.25, 0.3) is 0 Å². The van der Waals surface area contributed by atoms with Crippen LogP contribution in [0.4, 0.5) is 0 Å². The summed E-state index contributed by atoms with van der Waals surface area (Å²) in [6.07, 6.45) is 1.13. The van der Waals surface area contributed by atoms with Crippen LogP contribution < -0.4 is 10.6 Å². The van der Waals surface area contributed by atoms with E-state index in [1.165, 1.54) is 0 Å². The smallest absolute Gasteiger partial charge is 0.234 e. The van der Waals surface area contributed by atoms with Gasteiger partial charge >= 0.3 is 0 Å². The summed E-state index contributed by atoms with van der Waals surface area (Å²) in [4.78, 5) is 14.2. The van der Waals surface area contributed by atoms with Gasteiger partial charge in [0.05, 0.1) is 6.54 Å². The highest BCUT2D eigenvalue weighted by Crippen LogP contribution is 2.19. The first kappa shape index (κ1) is 16.4. The Morgan fingerprint density at radius 1 is 1.16 bits per heavy atom. The van der Waals surface area contributed by atoms with Crippen LogP contribution in [0, 0.1) is 17.8 Å². The summed E-state index contributed by atoms with van der Waals surface area (Å²) in [5.41, 5.74) is 0. The molecule has 19 heavy (non-hydrogen) atoms. The number of nitrogens with one attached hydrogen (secondary N) is 2. The Kier molecular flexibility index (Phi) is 7.39. The molecule has 1 heterocycles. The van der Waals surface area contributed by atoms with Gasteiger partial charge in [0.2, 0.25) is 5.91 Å². The molecule has 1 aliphatic heterocycles. The van der Waals surface area contributed by atoms with E-state index in [0.717, 1.165) is 39.1 Å². The highest BCUT2D eigenvalue weighted by molar-refractivity contribution is 5.78. The van der Waals surface area contributed by atoms with Crippen LogP contribution in [0.15, 0.2) is 0 Å². The molecule has 0 aromatic carbocycles. The highest BCUT2D eigenvalue weighted by Gasteiger charge is 2.19. The Morgan fingerprint density at radius 3 is 2.47 bits per heavy atom. The van der Waals surface area contributed by atoms with Crippen molar-refractivity contribution in [3.05, 3.63) is 0 Å². The van der Waals surface area contributed by atoms with Crippen molar-refractivity contribution in [2.45, 2.75) is 34.1 Å². The molecule has 1 saturated heterocycles. The fourth-order valence-electron chi connectivity index (χ4n) is 2.79. The number of hydrogen-bond acceptors (Lipinski definition) is 3. The predicted octanol–water partition coefficient (Wildman–Crippen LogP) is 1.33. The first-order chi connectivity index (χ1) is 9.00. The van der Waals surface area contributed by atoms with E-state index in [2.05, 4.69) is 43.2 Å². The van der Waals surface area contributed by atoms with Crippen LogP contribution >= 0.6 is 0 Å². The number of carbonyl (C=O) groups is 1. The summed E-state index contributed by atoms with van der Waals surface area (Å²) in [5, 5.41) is 6.47. The van der Waals surface area contributed by atoms with Crippen molar-refractivity contribution >= 4 is 5.91 Å². The molecule has 0 spiro atoms. The van der Waals surface area contributed by atoms with Crippen LogP contribution in [0.25, 0.3) is 0 Å². The largest absolute Gasteiger partial charge is 0.355 e. The lowest BCUT2D eigenvalue weighted by Crippen LogP contribution is -2.41. The molecule has 1 aliphatic rings. The molecule has 0 bridgehead atoms. The number of carbonyl (C=O) groups excluding carboxylic acids is 1. The van der Waals surface area contributed by atoms with E-state index in [-0.39, 0.29) is 5.91 Å². The second kappa shape index (κ2) is 8.54. The third-order valence-electron chi connectivity index (χ3n) is 4.05. The molecule has 112 valence electrons. The van der Waals surface area contributed by atoms with Gasteiger partial charge in [-0.2, -0.15) is 0 Å². The molecule has 4 nitrogen and oxygen atoms in total. The number of amides is 1. The topological polar surface area (TPSA) is 44.4 Å². The van der Waals surface area contributed by atoms with E-state index in [0.29, 0.717) is 24.3 Å². The van der Waals surface area contributed by atoms with Crippen molar-refractivity contribution in [1.29, 1.82) is 0 Å². The maximum absolute atomic E-state index is 12.0. The Morgan fingerprint density at radius 2 is 1.84 bits per heavy atom. The summed E-state index contributed by atoms with van der Waals surface area (Å²) < 4.78 is 0. The van der Waals surface area contributed by atoms with Gasteiger partial charge in [-0.3, -0.25) is 9.69 Å². The molecule has 0 saturated carbocycles. The van der Waals surface area contributed by atoms with Crippen LogP contribution in [0.2, 0.25) is 0 Å². The number of hydrogen-bond donors (Lipinski definition) is 2. The van der Waals surface area contributed by atoms with Gasteiger partial charge in [-0.1, -0.05) is 27.7 Å². The standard InChI is InChI=1S/C15H31N3O/c1-12(2)14(13(3)4)10-17-15(19)11-18-8-5-6-16-7-9-18/h12-14,16H,5-11H2,1-4H3,(H,17,19). The highest BCUT2D eigenvalue weighted by atomic mass is 16.2. The Labute approximate surface area is 118 Å². The second-order valence-electron chi connectivity index (χ2n) is 6.34. The molecule has 1 amide bonds. The first-order valence-corrected chi connectivity index (χ1v) is 7.70. The van der Waals surface area contributed by atoms with Gasteiger partial charge in [-0.15, -0.1) is 0 Å². The van der Waals surface area contributed by atoms with E-state index >= 15 is 0 Å². The quantitative estimate of drug-likeness (QED) is 0.764. The Hall–Kier alpha value is -0.610. The third-order valence-corrected chi connectivity index (χ3v) is 4.05. The molecule has 0 aliphatic carbocycles. The molecule has 0 radical (unpaired) electrons. The molecule has 1 rings (SSSR count). The lowest BCUT2D eigenvalue weighted by molar-refractivity contribution is -0.122. The lowest BCUT2D eigenvalue weighted by Gasteiger charge is -2.26. The molecule has 4 heteroatoms. The van der Waals surface area contributed by atoms with Gasteiger partial charge in [0, 0.05) is 19.6 Å². The summed E-state index contributed by atoms with van der Waals surface area (Å²) in [5.74, 6) is 1.97. The first-order valence-electron chi connectivity index (χ1n) is 7.70. The lowest BCUT2D eigenvalue weighted by atomic mass is 9.85. The molecule has 1 fully saturated rings. The van der Waals surface area contributed by atoms with Crippen LogP contribution in [0.5, 0.6) is 0 Å². The van der Waals surface area contributed by atoms with E-state index in [1.807, 2.05) is 0 Å². The van der Waals surface area contributed by atoms with Crippen molar-refractivity contribution in [3.8, 4) is 0 Å². The van der Waals surface area contributed by atoms with Crippen molar-refractivity contribution in [2.75, 3.05) is 39.3 Å². The molecular weight excluding hydrogens is 238 g/mol. The van der Waals surface area contributed by atoms with Crippen molar-refractivity contribution in [1.82, 2.24) is 15.5 Å². The van der Waals surface area contributed by atoms with Gasteiger partial charge in [-0.25, -0.2) is 0 Å². The molecule has 0 unspecified atom stereocenters. The minimum absolute atomic E-state index is 0.174. The molecule has 0 aromatic heterocycles. The van der Waals surface area contributed by atoms with Crippen molar-refractivity contribution < 1.29 is 4.79 Å².